The molecule has 1 saturated carbocycles. The van der Waals surface area contributed by atoms with Gasteiger partial charge in [-0.2, -0.15) is 5.26 Å². The number of alkyl halides is 2. The van der Waals surface area contributed by atoms with Crippen LogP contribution in [0, 0.1) is 17.2 Å². The summed E-state index contributed by atoms with van der Waals surface area (Å²) >= 11 is 0. The number of anilines is 1. The van der Waals surface area contributed by atoms with Gasteiger partial charge in [0.15, 0.2) is 0 Å². The lowest BCUT2D eigenvalue weighted by atomic mass is 9.90. The summed E-state index contributed by atoms with van der Waals surface area (Å²) in [6, 6.07) is 13.4. The van der Waals surface area contributed by atoms with Crippen LogP contribution in [0.2, 0.25) is 0 Å². The highest BCUT2D eigenvalue weighted by Gasteiger charge is 2.45. The fraction of sp³-hybridized carbons (Fsp3) is 0.531. The molecule has 0 spiro atoms. The number of nitriles is 1. The van der Waals surface area contributed by atoms with Crippen molar-refractivity contribution in [1.82, 2.24) is 14.9 Å². The van der Waals surface area contributed by atoms with Crippen molar-refractivity contribution in [2.75, 3.05) is 25.0 Å². The van der Waals surface area contributed by atoms with Crippen molar-refractivity contribution in [2.24, 2.45) is 5.92 Å². The number of hydrogen-bond acceptors (Lipinski definition) is 5. The highest BCUT2D eigenvalue weighted by atomic mass is 19.3. The molecule has 2 fully saturated rings. The van der Waals surface area contributed by atoms with Gasteiger partial charge < -0.3 is 10.2 Å². The molecule has 1 aromatic heterocycles. The Kier molecular flexibility index (Phi) is 7.01. The topological polar surface area (TPSA) is 64.8 Å². The zero-order valence-corrected chi connectivity index (χ0v) is 22.7. The van der Waals surface area contributed by atoms with Gasteiger partial charge >= 0.3 is 0 Å². The Morgan fingerprint density at radius 1 is 1.00 bits per heavy atom. The highest BCUT2D eigenvalue weighted by molar-refractivity contribution is 5.92. The van der Waals surface area contributed by atoms with Crippen LogP contribution in [0.25, 0.3) is 10.9 Å². The molecule has 4 heterocycles. The minimum atomic E-state index is -2.85. The molecule has 4 aliphatic rings. The van der Waals surface area contributed by atoms with Crippen LogP contribution in [0.5, 0.6) is 0 Å². The lowest BCUT2D eigenvalue weighted by Crippen LogP contribution is -2.47. The van der Waals surface area contributed by atoms with Crippen LogP contribution in [0.1, 0.15) is 86.6 Å². The highest BCUT2D eigenvalue weighted by Crippen LogP contribution is 2.49. The maximum Gasteiger partial charge on any atom is 0.273 e. The largest absolute Gasteiger partial charge is 0.363 e. The summed E-state index contributed by atoms with van der Waals surface area (Å²) in [5.74, 6) is -1.80. The molecule has 1 aliphatic carbocycles. The Hall–Kier alpha value is -3.11. The van der Waals surface area contributed by atoms with E-state index in [0.717, 1.165) is 86.6 Å². The van der Waals surface area contributed by atoms with Crippen molar-refractivity contribution in [3.63, 3.8) is 0 Å². The van der Waals surface area contributed by atoms with Crippen molar-refractivity contribution in [1.29, 1.82) is 5.26 Å². The predicted molar refractivity (Wildman–Crippen MR) is 150 cm³/mol. The van der Waals surface area contributed by atoms with Gasteiger partial charge in [0.2, 0.25) is 0 Å². The maximum atomic E-state index is 15.3. The van der Waals surface area contributed by atoms with Crippen LogP contribution in [-0.4, -0.2) is 34.5 Å². The van der Waals surface area contributed by atoms with Crippen molar-refractivity contribution in [3.8, 4) is 6.07 Å². The molecule has 2 aromatic carbocycles. The van der Waals surface area contributed by atoms with E-state index in [1.54, 1.807) is 24.5 Å². The van der Waals surface area contributed by atoms with Crippen LogP contribution in [0.4, 0.5) is 14.6 Å². The zero-order valence-electron chi connectivity index (χ0n) is 22.7. The fourth-order valence-corrected chi connectivity index (χ4v) is 6.31. The van der Waals surface area contributed by atoms with Gasteiger partial charge in [-0.05, 0) is 86.7 Å². The SMILES string of the molecule is C[C@H]1Nc2ncnc3c(cc(C4(C#N)CC4)cc23)CCCCCCN2CC(CCC(F)(F)c3cccc1c3)C2. The van der Waals surface area contributed by atoms with Crippen LogP contribution >= 0.6 is 0 Å². The molecule has 8 bridgehead atoms. The van der Waals surface area contributed by atoms with Gasteiger partial charge in [-0.1, -0.05) is 37.1 Å². The van der Waals surface area contributed by atoms with E-state index in [0.29, 0.717) is 18.2 Å². The second-order valence-corrected chi connectivity index (χ2v) is 12.0. The van der Waals surface area contributed by atoms with Crippen LogP contribution in [0.3, 0.4) is 0 Å². The van der Waals surface area contributed by atoms with Crippen molar-refractivity contribution in [2.45, 2.75) is 82.1 Å². The third-order valence-corrected chi connectivity index (χ3v) is 9.07. The molecule has 7 heteroatoms. The first-order valence-electron chi connectivity index (χ1n) is 14.5. The summed E-state index contributed by atoms with van der Waals surface area (Å²) in [5.41, 5.74) is 3.59. The molecule has 204 valence electrons. The third kappa shape index (κ3) is 5.36. The Labute approximate surface area is 229 Å². The molecular formula is C32H37F2N5. The Morgan fingerprint density at radius 2 is 1.82 bits per heavy atom. The third-order valence-electron chi connectivity index (χ3n) is 9.07. The molecular weight excluding hydrogens is 492 g/mol. The second kappa shape index (κ2) is 10.5. The number of rotatable bonds is 1. The number of nitrogens with zero attached hydrogens (tertiary/aromatic N) is 4. The van der Waals surface area contributed by atoms with E-state index < -0.39 is 11.3 Å². The number of halogens is 2. The minimum Gasteiger partial charge on any atom is -0.363 e. The quantitative estimate of drug-likeness (QED) is 0.359. The molecule has 1 N–H and O–H groups in total. The van der Waals surface area contributed by atoms with Crippen LogP contribution < -0.4 is 5.32 Å². The summed E-state index contributed by atoms with van der Waals surface area (Å²) in [5, 5.41) is 14.3. The number of nitrogens with one attached hydrogen (secondary N) is 1. The predicted octanol–water partition coefficient (Wildman–Crippen LogP) is 7.28. The number of fused-ring (bicyclic) bond motifs is 8. The van der Waals surface area contributed by atoms with Gasteiger partial charge in [-0.3, -0.25) is 0 Å². The smallest absolute Gasteiger partial charge is 0.273 e. The first-order valence-corrected chi connectivity index (χ1v) is 14.5. The van der Waals surface area contributed by atoms with Gasteiger partial charge in [0.1, 0.15) is 12.1 Å². The molecule has 1 atom stereocenters. The lowest BCUT2D eigenvalue weighted by Gasteiger charge is -2.40. The number of hydrogen-bond donors (Lipinski definition) is 1. The number of benzene rings is 2. The molecule has 0 amide bonds. The van der Waals surface area contributed by atoms with Crippen LogP contribution in [-0.2, 0) is 17.8 Å². The Balaban J connectivity index is 1.36. The van der Waals surface area contributed by atoms with E-state index in [4.69, 9.17) is 0 Å². The van der Waals surface area contributed by atoms with E-state index in [1.807, 2.05) is 13.0 Å². The van der Waals surface area contributed by atoms with Crippen molar-refractivity contribution < 1.29 is 8.78 Å². The van der Waals surface area contributed by atoms with Crippen molar-refractivity contribution >= 4 is 16.7 Å². The average molecular weight is 530 g/mol. The lowest BCUT2D eigenvalue weighted by molar-refractivity contribution is -0.0291. The van der Waals surface area contributed by atoms with Crippen LogP contribution in [0.15, 0.2) is 42.7 Å². The molecule has 7 rings (SSSR count). The Morgan fingerprint density at radius 3 is 2.62 bits per heavy atom. The number of aromatic nitrogens is 2. The molecule has 3 aromatic rings. The summed E-state index contributed by atoms with van der Waals surface area (Å²) in [4.78, 5) is 11.7. The van der Waals surface area contributed by atoms with Gasteiger partial charge in [-0.15, -0.1) is 0 Å². The molecule has 0 radical (unpaired) electrons. The van der Waals surface area contributed by atoms with Gasteiger partial charge in [-0.25, -0.2) is 18.7 Å². The van der Waals surface area contributed by atoms with E-state index in [2.05, 4.69) is 38.4 Å². The van der Waals surface area contributed by atoms with E-state index in [-0.39, 0.29) is 18.0 Å². The summed E-state index contributed by atoms with van der Waals surface area (Å²) < 4.78 is 30.5. The first kappa shape index (κ1) is 26.1. The second-order valence-electron chi connectivity index (χ2n) is 12.0. The fourth-order valence-electron chi connectivity index (χ4n) is 6.31. The average Bonchev–Trinajstić information content (AvgIpc) is 3.72. The molecule has 1 saturated heterocycles. The van der Waals surface area contributed by atoms with E-state index in [9.17, 15) is 5.26 Å². The molecule has 3 aliphatic heterocycles. The van der Waals surface area contributed by atoms with Gasteiger partial charge in [0.05, 0.1) is 17.0 Å². The standard InChI is InChI=1S/C32H37F2N5/c1-22-24-8-6-9-26(15-24)32(33,34)11-10-23-18-39(19-23)14-5-3-2-4-7-25-16-27(31(20-35)12-13-31)17-28-29(25)36-21-37-30(28)38-22/h6,8-9,15-17,21-23H,2-5,7,10-14,18-19H2,1H3,(H,36,37,38)/t22-/m1/s1. The minimum absolute atomic E-state index is 0.0811. The van der Waals surface area contributed by atoms with Gasteiger partial charge in [0, 0.05) is 36.5 Å². The van der Waals surface area contributed by atoms with Crippen molar-refractivity contribution in [3.05, 3.63) is 65.0 Å². The molecule has 5 nitrogen and oxygen atoms in total. The monoisotopic (exact) mass is 529 g/mol. The summed E-state index contributed by atoms with van der Waals surface area (Å²) in [6.45, 7) is 4.91. The van der Waals surface area contributed by atoms with E-state index >= 15 is 8.78 Å². The van der Waals surface area contributed by atoms with E-state index in [1.165, 1.54) is 5.56 Å². The first-order chi connectivity index (χ1) is 18.9. The Bertz CT molecular complexity index is 1390. The zero-order chi connectivity index (χ0) is 27.0. The molecule has 0 unspecified atom stereocenters. The summed E-state index contributed by atoms with van der Waals surface area (Å²) in [6.07, 6.45) is 9.21. The molecule has 39 heavy (non-hydrogen) atoms. The van der Waals surface area contributed by atoms with Gasteiger partial charge in [0.25, 0.3) is 5.92 Å². The summed E-state index contributed by atoms with van der Waals surface area (Å²) in [7, 11) is 0. The maximum absolute atomic E-state index is 15.3. The number of aryl methyl sites for hydroxylation is 1. The normalized spacial score (nSPS) is 26.5.